The Morgan fingerprint density at radius 1 is 0.805 bits per heavy atom. The van der Waals surface area contributed by atoms with E-state index in [1.165, 1.54) is 0 Å². The van der Waals surface area contributed by atoms with Gasteiger partial charge in [0, 0.05) is 28.9 Å². The number of rotatable bonds is 8. The maximum atomic E-state index is 6.41. The summed E-state index contributed by atoms with van der Waals surface area (Å²) in [5.74, 6) is 2.96. The number of nitrogens with one attached hydrogen (secondary N) is 1. The monoisotopic (exact) mass is 578 g/mol. The van der Waals surface area contributed by atoms with Crippen LogP contribution in [0.3, 0.4) is 0 Å². The van der Waals surface area contributed by atoms with Crippen LogP contribution in [0.2, 0.25) is 10.0 Å². The van der Waals surface area contributed by atoms with Gasteiger partial charge in [0.1, 0.15) is 17.3 Å². The quantitative estimate of drug-likeness (QED) is 0.195. The van der Waals surface area contributed by atoms with Crippen molar-refractivity contribution in [1.82, 2.24) is 30.2 Å². The van der Waals surface area contributed by atoms with Crippen LogP contribution in [0.15, 0.2) is 97.2 Å². The van der Waals surface area contributed by atoms with Crippen molar-refractivity contribution in [3.8, 4) is 45.3 Å². The highest BCUT2D eigenvalue weighted by Crippen LogP contribution is 2.31. The summed E-state index contributed by atoms with van der Waals surface area (Å²) in [6, 6.07) is 29.5. The zero-order valence-corrected chi connectivity index (χ0v) is 23.5. The summed E-state index contributed by atoms with van der Waals surface area (Å²) >= 11 is 12.5. The van der Waals surface area contributed by atoms with Crippen LogP contribution >= 0.6 is 23.2 Å². The third-order valence-electron chi connectivity index (χ3n) is 6.59. The van der Waals surface area contributed by atoms with E-state index in [2.05, 4.69) is 74.6 Å². The Balaban J connectivity index is 1.12. The molecule has 0 fully saturated rings. The number of hydrogen-bond donors (Lipinski definition) is 1. The van der Waals surface area contributed by atoms with E-state index >= 15 is 0 Å². The molecule has 0 amide bonds. The number of aromatic nitrogens is 6. The molecule has 7 nitrogen and oxygen atoms in total. The molecule has 0 bridgehead atoms. The highest BCUT2D eigenvalue weighted by Gasteiger charge is 2.11. The lowest BCUT2D eigenvalue weighted by atomic mass is 10.0. The van der Waals surface area contributed by atoms with Gasteiger partial charge >= 0.3 is 0 Å². The predicted octanol–water partition coefficient (Wildman–Crippen LogP) is 8.69. The Hall–Kier alpha value is -4.72. The highest BCUT2D eigenvalue weighted by atomic mass is 35.5. The van der Waals surface area contributed by atoms with Crippen molar-refractivity contribution in [2.24, 2.45) is 0 Å². The molecule has 0 unspecified atom stereocenters. The molecule has 1 N–H and O–H groups in total. The van der Waals surface area contributed by atoms with E-state index in [0.717, 1.165) is 57.4 Å². The van der Waals surface area contributed by atoms with Gasteiger partial charge in [-0.2, -0.15) is 0 Å². The largest absolute Gasteiger partial charge is 0.457 e. The molecular weight excluding hydrogens is 555 g/mol. The average molecular weight is 579 g/mol. The van der Waals surface area contributed by atoms with E-state index in [0.29, 0.717) is 15.9 Å². The lowest BCUT2D eigenvalue weighted by molar-refractivity contribution is 0.483. The maximum absolute atomic E-state index is 6.41. The molecule has 0 aliphatic heterocycles. The molecule has 0 saturated heterocycles. The summed E-state index contributed by atoms with van der Waals surface area (Å²) < 4.78 is 8.10. The van der Waals surface area contributed by atoms with Crippen molar-refractivity contribution < 1.29 is 4.74 Å². The number of aryl methyl sites for hydroxylation is 1. The van der Waals surface area contributed by atoms with Crippen molar-refractivity contribution in [3.05, 3.63) is 119 Å². The number of halogens is 2. The Morgan fingerprint density at radius 2 is 1.46 bits per heavy atom. The van der Waals surface area contributed by atoms with Gasteiger partial charge in [-0.3, -0.25) is 0 Å². The molecule has 0 spiro atoms. The molecule has 41 heavy (non-hydrogen) atoms. The molecule has 2 heterocycles. The number of tetrazole rings is 1. The van der Waals surface area contributed by atoms with Crippen molar-refractivity contribution in [2.45, 2.75) is 13.5 Å². The Kier molecular flexibility index (Phi) is 7.63. The molecule has 0 atom stereocenters. The van der Waals surface area contributed by atoms with Crippen LogP contribution in [0.5, 0.6) is 11.5 Å². The summed E-state index contributed by atoms with van der Waals surface area (Å²) in [6.07, 6.45) is 6.09. The Bertz CT molecular complexity index is 1790. The summed E-state index contributed by atoms with van der Waals surface area (Å²) in [7, 11) is 0. The average Bonchev–Trinajstić information content (AvgIpc) is 3.68. The minimum absolute atomic E-state index is 0.583. The lowest BCUT2D eigenvalue weighted by Crippen LogP contribution is -1.94. The van der Waals surface area contributed by atoms with Crippen molar-refractivity contribution >= 4 is 35.4 Å². The topological polar surface area (TPSA) is 81.5 Å². The second kappa shape index (κ2) is 11.8. The fraction of sp³-hybridized carbons (Fsp3) is 0.0625. The number of H-pyrrole nitrogens is 1. The molecule has 0 aliphatic rings. The molecule has 0 radical (unpaired) electrons. The smallest absolute Gasteiger partial charge is 0.179 e. The molecule has 9 heteroatoms. The normalized spacial score (nSPS) is 11.3. The van der Waals surface area contributed by atoms with Gasteiger partial charge in [0.2, 0.25) is 0 Å². The summed E-state index contributed by atoms with van der Waals surface area (Å²) in [6.45, 7) is 2.88. The highest BCUT2D eigenvalue weighted by molar-refractivity contribution is 6.36. The minimum Gasteiger partial charge on any atom is -0.457 e. The molecule has 202 valence electrons. The summed E-state index contributed by atoms with van der Waals surface area (Å²) in [5.41, 5.74) is 5.86. The molecule has 2 aromatic heterocycles. The van der Waals surface area contributed by atoms with Gasteiger partial charge in [0.05, 0.1) is 10.7 Å². The maximum Gasteiger partial charge on any atom is 0.179 e. The second-order valence-corrected chi connectivity index (χ2v) is 10.1. The van der Waals surface area contributed by atoms with E-state index in [1.54, 1.807) is 6.07 Å². The first-order chi connectivity index (χ1) is 20.1. The van der Waals surface area contributed by atoms with Crippen LogP contribution in [0.1, 0.15) is 18.3 Å². The first-order valence-electron chi connectivity index (χ1n) is 13.0. The number of ether oxygens (including phenoxy) is 1. The molecule has 0 aliphatic carbocycles. The third-order valence-corrected chi connectivity index (χ3v) is 7.13. The molecule has 0 saturated carbocycles. The number of imidazole rings is 1. The number of hydrogen-bond acceptors (Lipinski definition) is 5. The van der Waals surface area contributed by atoms with Crippen molar-refractivity contribution in [2.75, 3.05) is 0 Å². The van der Waals surface area contributed by atoms with Crippen LogP contribution in [0, 0.1) is 0 Å². The van der Waals surface area contributed by atoms with Crippen molar-refractivity contribution in [3.63, 3.8) is 0 Å². The Labute approximate surface area is 247 Å². The van der Waals surface area contributed by atoms with Crippen LogP contribution in [0.25, 0.3) is 45.9 Å². The number of aromatic amines is 1. The third kappa shape index (κ3) is 6.06. The fourth-order valence-electron chi connectivity index (χ4n) is 4.41. The Morgan fingerprint density at radius 3 is 2.07 bits per heavy atom. The first kappa shape index (κ1) is 26.5. The standard InChI is InChI=1S/C32H24Cl2N6O/c1-2-40-20-30(28-17-12-25(33)19-29(28)34)35-31(40)18-5-21-3-6-22(7-4-21)23-8-13-26(14-9-23)41-27-15-10-24(11-16-27)32-36-38-39-37-32/h3-20H,2H2,1H3,(H,36,37,38,39)/b18-5+. The van der Waals surface area contributed by atoms with Crippen LogP contribution < -0.4 is 4.74 Å². The zero-order valence-electron chi connectivity index (χ0n) is 22.0. The van der Waals surface area contributed by atoms with Gasteiger partial charge in [0.15, 0.2) is 5.82 Å². The van der Waals surface area contributed by atoms with E-state index in [-0.39, 0.29) is 0 Å². The fourth-order valence-corrected chi connectivity index (χ4v) is 4.92. The number of benzene rings is 4. The number of nitrogens with zero attached hydrogens (tertiary/aromatic N) is 5. The van der Waals surface area contributed by atoms with Crippen LogP contribution in [0.4, 0.5) is 0 Å². The second-order valence-electron chi connectivity index (χ2n) is 9.25. The van der Waals surface area contributed by atoms with Gasteiger partial charge in [-0.05, 0) is 94.7 Å². The van der Waals surface area contributed by atoms with Gasteiger partial charge < -0.3 is 9.30 Å². The van der Waals surface area contributed by atoms with Gasteiger partial charge in [0.25, 0.3) is 0 Å². The first-order valence-corrected chi connectivity index (χ1v) is 13.7. The van der Waals surface area contributed by atoms with Crippen LogP contribution in [-0.4, -0.2) is 30.2 Å². The lowest BCUT2D eigenvalue weighted by Gasteiger charge is -2.08. The predicted molar refractivity (Wildman–Crippen MR) is 164 cm³/mol. The van der Waals surface area contributed by atoms with Crippen LogP contribution in [-0.2, 0) is 6.54 Å². The minimum atomic E-state index is 0.583. The van der Waals surface area contributed by atoms with E-state index in [4.69, 9.17) is 32.9 Å². The summed E-state index contributed by atoms with van der Waals surface area (Å²) in [4.78, 5) is 4.80. The van der Waals surface area contributed by atoms with Gasteiger partial charge in [-0.15, -0.1) is 5.10 Å². The SMILES string of the molecule is CCn1cc(-c2ccc(Cl)cc2Cl)nc1/C=C/c1ccc(-c2ccc(Oc3ccc(-c4nnn[nH]4)cc3)cc2)cc1. The van der Waals surface area contributed by atoms with Gasteiger partial charge in [-0.1, -0.05) is 65.7 Å². The van der Waals surface area contributed by atoms with E-state index in [9.17, 15) is 0 Å². The van der Waals surface area contributed by atoms with Crippen molar-refractivity contribution in [1.29, 1.82) is 0 Å². The molecule has 6 aromatic rings. The molecule has 4 aromatic carbocycles. The summed E-state index contributed by atoms with van der Waals surface area (Å²) in [5, 5.41) is 15.1. The zero-order chi connectivity index (χ0) is 28.2. The van der Waals surface area contributed by atoms with E-state index in [1.807, 2.05) is 60.8 Å². The van der Waals surface area contributed by atoms with E-state index < -0.39 is 0 Å². The molecular formula is C32H24Cl2N6O. The van der Waals surface area contributed by atoms with Gasteiger partial charge in [-0.25, -0.2) is 10.1 Å². The molecule has 6 rings (SSSR count).